The van der Waals surface area contributed by atoms with Gasteiger partial charge in [0.05, 0.1) is 12.7 Å². The number of rotatable bonds is 3. The van der Waals surface area contributed by atoms with Crippen LogP contribution in [0.5, 0.6) is 5.75 Å². The number of H-pyrrole nitrogens is 1. The lowest BCUT2D eigenvalue weighted by molar-refractivity contribution is 0.0712. The topological polar surface area (TPSA) is 45.3 Å². The number of likely N-dealkylation sites (tertiary alicyclic amines) is 1. The largest absolute Gasteiger partial charge is 0.497 e. The summed E-state index contributed by atoms with van der Waals surface area (Å²) in [5.41, 5.74) is 3.21. The number of aromatic amines is 1. The van der Waals surface area contributed by atoms with E-state index >= 15 is 0 Å². The summed E-state index contributed by atoms with van der Waals surface area (Å²) in [5.74, 6) is 1.25. The Labute approximate surface area is 161 Å². The maximum atomic E-state index is 12.9. The fraction of sp³-hybridized carbons (Fsp3) is 0.286. The summed E-state index contributed by atoms with van der Waals surface area (Å²) >= 11 is 3.49. The van der Waals surface area contributed by atoms with E-state index in [2.05, 4.69) is 51.4 Å². The molecule has 4 nitrogen and oxygen atoms in total. The van der Waals surface area contributed by atoms with Crippen LogP contribution in [0.2, 0.25) is 0 Å². The van der Waals surface area contributed by atoms with Gasteiger partial charge in [-0.25, -0.2) is 0 Å². The van der Waals surface area contributed by atoms with E-state index in [0.29, 0.717) is 17.2 Å². The van der Waals surface area contributed by atoms with Gasteiger partial charge in [0.25, 0.3) is 5.91 Å². The first kappa shape index (κ1) is 17.2. The first-order valence-corrected chi connectivity index (χ1v) is 9.65. The maximum absolute atomic E-state index is 12.9. The van der Waals surface area contributed by atoms with Crippen LogP contribution >= 0.6 is 15.9 Å². The highest BCUT2D eigenvalue weighted by molar-refractivity contribution is 9.10. The molecular weight excluding hydrogens is 392 g/mol. The Kier molecular flexibility index (Phi) is 4.72. The maximum Gasteiger partial charge on any atom is 0.255 e. The molecule has 0 atom stereocenters. The average molecular weight is 413 g/mol. The van der Waals surface area contributed by atoms with E-state index in [0.717, 1.165) is 30.4 Å². The molecule has 4 rings (SSSR count). The van der Waals surface area contributed by atoms with Crippen molar-refractivity contribution in [3.63, 3.8) is 0 Å². The van der Waals surface area contributed by atoms with Crippen LogP contribution in [0.15, 0.2) is 53.1 Å². The number of aromatic nitrogens is 1. The number of hydrogen-bond acceptors (Lipinski definition) is 2. The number of fused-ring (bicyclic) bond motifs is 1. The Morgan fingerprint density at radius 3 is 2.73 bits per heavy atom. The quantitative estimate of drug-likeness (QED) is 0.660. The molecule has 5 heteroatoms. The third-order valence-electron chi connectivity index (χ3n) is 5.25. The van der Waals surface area contributed by atoms with Gasteiger partial charge in [-0.1, -0.05) is 18.2 Å². The lowest BCUT2D eigenvalue weighted by Gasteiger charge is -2.32. The molecule has 134 valence electrons. The van der Waals surface area contributed by atoms with Crippen molar-refractivity contribution in [3.05, 3.63) is 64.3 Å². The van der Waals surface area contributed by atoms with E-state index in [1.165, 1.54) is 16.5 Å². The van der Waals surface area contributed by atoms with Crippen molar-refractivity contribution in [1.29, 1.82) is 0 Å². The van der Waals surface area contributed by atoms with Gasteiger partial charge in [-0.3, -0.25) is 4.79 Å². The molecule has 0 radical (unpaired) electrons. The van der Waals surface area contributed by atoms with Gasteiger partial charge >= 0.3 is 0 Å². The minimum Gasteiger partial charge on any atom is -0.497 e. The number of benzene rings is 2. The first-order chi connectivity index (χ1) is 12.7. The summed E-state index contributed by atoms with van der Waals surface area (Å²) < 4.78 is 6.07. The fourth-order valence-electron chi connectivity index (χ4n) is 3.79. The number of halogens is 1. The number of amides is 1. The molecule has 1 N–H and O–H groups in total. The monoisotopic (exact) mass is 412 g/mol. The van der Waals surface area contributed by atoms with Crippen molar-refractivity contribution in [1.82, 2.24) is 9.88 Å². The Morgan fingerprint density at radius 2 is 1.96 bits per heavy atom. The van der Waals surface area contributed by atoms with Gasteiger partial charge in [-0.05, 0) is 64.5 Å². The van der Waals surface area contributed by atoms with Crippen LogP contribution in [0, 0.1) is 0 Å². The van der Waals surface area contributed by atoms with Crippen molar-refractivity contribution in [3.8, 4) is 5.75 Å². The number of carbonyl (C=O) groups excluding carboxylic acids is 1. The number of methoxy groups -OCH3 is 1. The number of ether oxygens (including phenoxy) is 1. The van der Waals surface area contributed by atoms with Crippen molar-refractivity contribution in [2.45, 2.75) is 18.8 Å². The molecule has 0 spiro atoms. The standard InChI is InChI=1S/C21H21BrN2O2/c1-26-15-6-7-19(22)17(12-15)21(25)24-10-8-14(9-11-24)18-13-23-20-5-3-2-4-16(18)20/h2-7,12-14,23H,8-11H2,1H3. The highest BCUT2D eigenvalue weighted by Gasteiger charge is 2.27. The molecule has 1 aromatic heterocycles. The van der Waals surface area contributed by atoms with E-state index in [-0.39, 0.29) is 5.91 Å². The van der Waals surface area contributed by atoms with Gasteiger partial charge in [0.2, 0.25) is 0 Å². The van der Waals surface area contributed by atoms with E-state index in [1.807, 2.05) is 17.0 Å². The Hall–Kier alpha value is -2.27. The summed E-state index contributed by atoms with van der Waals surface area (Å²) in [6, 6.07) is 13.9. The molecule has 1 saturated heterocycles. The van der Waals surface area contributed by atoms with Gasteiger partial charge < -0.3 is 14.6 Å². The molecular formula is C21H21BrN2O2. The summed E-state index contributed by atoms with van der Waals surface area (Å²) in [4.78, 5) is 18.2. The molecule has 1 aliphatic heterocycles. The van der Waals surface area contributed by atoms with Crippen LogP contribution in [0.3, 0.4) is 0 Å². The van der Waals surface area contributed by atoms with Crippen LogP contribution in [0.4, 0.5) is 0 Å². The van der Waals surface area contributed by atoms with Gasteiger partial charge in [0, 0.05) is 34.7 Å². The molecule has 0 bridgehead atoms. The Morgan fingerprint density at radius 1 is 1.19 bits per heavy atom. The third-order valence-corrected chi connectivity index (χ3v) is 5.94. The predicted octanol–water partition coefficient (Wildman–Crippen LogP) is 4.96. The second-order valence-electron chi connectivity index (χ2n) is 6.70. The molecule has 1 amide bonds. The summed E-state index contributed by atoms with van der Waals surface area (Å²) in [6.45, 7) is 1.54. The molecule has 2 heterocycles. The zero-order valence-corrected chi connectivity index (χ0v) is 16.3. The van der Waals surface area contributed by atoms with Gasteiger partial charge in [0.15, 0.2) is 0 Å². The van der Waals surface area contributed by atoms with Gasteiger partial charge in [-0.15, -0.1) is 0 Å². The Bertz CT molecular complexity index is 942. The number of nitrogens with zero attached hydrogens (tertiary/aromatic N) is 1. The minimum atomic E-state index is 0.0631. The van der Waals surface area contributed by atoms with E-state index in [9.17, 15) is 4.79 Å². The van der Waals surface area contributed by atoms with E-state index in [1.54, 1.807) is 13.2 Å². The molecule has 1 aliphatic rings. The average Bonchev–Trinajstić information content (AvgIpc) is 3.12. The third kappa shape index (κ3) is 3.12. The number of piperidine rings is 1. The summed E-state index contributed by atoms with van der Waals surface area (Å²) in [7, 11) is 1.62. The Balaban J connectivity index is 1.49. The van der Waals surface area contributed by atoms with Crippen molar-refractivity contribution in [2.24, 2.45) is 0 Å². The van der Waals surface area contributed by atoms with Crippen molar-refractivity contribution < 1.29 is 9.53 Å². The second-order valence-corrected chi connectivity index (χ2v) is 7.56. The number of nitrogens with one attached hydrogen (secondary N) is 1. The SMILES string of the molecule is COc1ccc(Br)c(C(=O)N2CCC(c3c[nH]c4ccccc34)CC2)c1. The van der Waals surface area contributed by atoms with Crippen LogP contribution in [-0.4, -0.2) is 36.0 Å². The van der Waals surface area contributed by atoms with E-state index < -0.39 is 0 Å². The smallest absolute Gasteiger partial charge is 0.255 e. The normalized spacial score (nSPS) is 15.4. The molecule has 3 aromatic rings. The molecule has 0 saturated carbocycles. The lowest BCUT2D eigenvalue weighted by atomic mass is 9.89. The van der Waals surface area contributed by atoms with Gasteiger partial charge in [0.1, 0.15) is 5.75 Å². The lowest BCUT2D eigenvalue weighted by Crippen LogP contribution is -2.38. The number of para-hydroxylation sites is 1. The van der Waals surface area contributed by atoms with Gasteiger partial charge in [-0.2, -0.15) is 0 Å². The molecule has 2 aromatic carbocycles. The molecule has 26 heavy (non-hydrogen) atoms. The van der Waals surface area contributed by atoms with E-state index in [4.69, 9.17) is 4.74 Å². The number of hydrogen-bond donors (Lipinski definition) is 1. The minimum absolute atomic E-state index is 0.0631. The summed E-state index contributed by atoms with van der Waals surface area (Å²) in [6.07, 6.45) is 4.09. The first-order valence-electron chi connectivity index (χ1n) is 8.86. The van der Waals surface area contributed by atoms with Crippen LogP contribution in [-0.2, 0) is 0 Å². The zero-order chi connectivity index (χ0) is 18.1. The van der Waals surface area contributed by atoms with Crippen LogP contribution in [0.1, 0.15) is 34.7 Å². The van der Waals surface area contributed by atoms with Crippen molar-refractivity contribution in [2.75, 3.05) is 20.2 Å². The zero-order valence-electron chi connectivity index (χ0n) is 14.7. The second kappa shape index (κ2) is 7.16. The molecule has 0 aliphatic carbocycles. The highest BCUT2D eigenvalue weighted by Crippen LogP contribution is 2.34. The highest BCUT2D eigenvalue weighted by atomic mass is 79.9. The molecule has 1 fully saturated rings. The molecule has 0 unspecified atom stereocenters. The van der Waals surface area contributed by atoms with Crippen molar-refractivity contribution >= 4 is 32.7 Å². The predicted molar refractivity (Wildman–Crippen MR) is 107 cm³/mol. The fourth-order valence-corrected chi connectivity index (χ4v) is 4.21. The van der Waals surface area contributed by atoms with Crippen LogP contribution < -0.4 is 4.74 Å². The summed E-state index contributed by atoms with van der Waals surface area (Å²) in [5, 5.41) is 1.30. The number of carbonyl (C=O) groups is 1. The van der Waals surface area contributed by atoms with Crippen LogP contribution in [0.25, 0.3) is 10.9 Å².